The predicted octanol–water partition coefficient (Wildman–Crippen LogP) is 4.31. The number of aromatic nitrogens is 6. The molecule has 0 aliphatic carbocycles. The van der Waals surface area contributed by atoms with Crippen LogP contribution in [0.15, 0.2) is 66.0 Å². The molecule has 15 nitrogen and oxygen atoms in total. The molecule has 0 atom stereocenters. The first kappa shape index (κ1) is 28.8. The second kappa shape index (κ2) is 11.7. The molecule has 0 saturated heterocycles. The van der Waals surface area contributed by atoms with Crippen LogP contribution >= 0.6 is 23.6 Å². The van der Waals surface area contributed by atoms with Gasteiger partial charge in [0.05, 0.1) is 36.2 Å². The number of aromatic amines is 1. The first-order chi connectivity index (χ1) is 21.2. The number of sulfonamides is 1. The maximum atomic E-state index is 12.6. The Morgan fingerprint density at radius 2 is 1.73 bits per heavy atom. The van der Waals surface area contributed by atoms with Crippen molar-refractivity contribution in [3.8, 4) is 11.5 Å². The minimum atomic E-state index is -3.86. The lowest BCUT2D eigenvalue weighted by Crippen LogP contribution is -2.18. The number of nitrogens with two attached hydrogens (primary N) is 1. The number of thiocarbonyl (C=S) groups is 1. The lowest BCUT2D eigenvalue weighted by molar-refractivity contribution is 0.356. The number of thiazole rings is 1. The summed E-state index contributed by atoms with van der Waals surface area (Å²) in [6.45, 7) is 0. The molecule has 6 rings (SSSR count). The van der Waals surface area contributed by atoms with E-state index < -0.39 is 10.0 Å². The summed E-state index contributed by atoms with van der Waals surface area (Å²) < 4.78 is 38.5. The lowest BCUT2D eigenvalue weighted by Gasteiger charge is -2.10. The van der Waals surface area contributed by atoms with Crippen molar-refractivity contribution in [3.63, 3.8) is 0 Å². The average molecular weight is 650 g/mol. The van der Waals surface area contributed by atoms with Gasteiger partial charge in [0.15, 0.2) is 21.7 Å². The Morgan fingerprint density at radius 3 is 2.45 bits per heavy atom. The van der Waals surface area contributed by atoms with E-state index in [9.17, 15) is 8.42 Å². The SMILES string of the molecule is COc1cc2[nH]c3nc(N)nc(Nc4ncc(NC(=S)Nc5ccc(S(=O)(=O)Nc6ncccn6)cc5)s4)c3c2cc1OC. The maximum absolute atomic E-state index is 12.6. The molecule has 0 amide bonds. The smallest absolute Gasteiger partial charge is 0.264 e. The third kappa shape index (κ3) is 5.93. The maximum Gasteiger partial charge on any atom is 0.264 e. The third-order valence-electron chi connectivity index (χ3n) is 6.15. The standard InChI is InChI=1S/C26H23N11O4S3/c1-40-17-10-15-16(11-18(17)41-2)32-21-20(15)22(35-23(27)34-21)36-26-30-12-19(43-26)33-25(42)31-13-4-6-14(7-5-13)44(38,39)37-24-28-8-3-9-29-24/h3-12H,1-2H3,(H,28,29,37)(H2,31,33,42)(H4,27,30,32,34,35,36). The molecule has 0 fully saturated rings. The highest BCUT2D eigenvalue weighted by molar-refractivity contribution is 7.92. The second-order valence-corrected chi connectivity index (χ2v) is 12.1. The van der Waals surface area contributed by atoms with Crippen molar-refractivity contribution in [3.05, 3.63) is 61.1 Å². The highest BCUT2D eigenvalue weighted by atomic mass is 32.2. The van der Waals surface area contributed by atoms with Crippen molar-refractivity contribution in [1.82, 2.24) is 29.9 Å². The molecule has 4 aromatic heterocycles. The summed E-state index contributed by atoms with van der Waals surface area (Å²) in [6, 6.07) is 11.3. The number of ether oxygens (including phenoxy) is 2. The molecular weight excluding hydrogens is 627 g/mol. The molecular formula is C26H23N11O4S3. The van der Waals surface area contributed by atoms with Gasteiger partial charge >= 0.3 is 0 Å². The third-order valence-corrected chi connectivity index (χ3v) is 8.53. The molecule has 0 spiro atoms. The van der Waals surface area contributed by atoms with E-state index in [2.05, 4.69) is 50.6 Å². The zero-order chi connectivity index (χ0) is 30.8. The highest BCUT2D eigenvalue weighted by Crippen LogP contribution is 2.39. The van der Waals surface area contributed by atoms with Crippen LogP contribution in [0.1, 0.15) is 0 Å². The average Bonchev–Trinajstić information content (AvgIpc) is 3.59. The van der Waals surface area contributed by atoms with E-state index in [0.717, 1.165) is 10.9 Å². The Hall–Kier alpha value is -5.33. The quantitative estimate of drug-likeness (QED) is 0.121. The number of benzene rings is 2. The Balaban J connectivity index is 1.15. The minimum Gasteiger partial charge on any atom is -0.493 e. The molecule has 0 radical (unpaired) electrons. The summed E-state index contributed by atoms with van der Waals surface area (Å²) in [4.78, 5) is 24.2. The van der Waals surface area contributed by atoms with E-state index in [0.29, 0.717) is 44.2 Å². The molecule has 0 unspecified atom stereocenters. The Bertz CT molecular complexity index is 2100. The van der Waals surface area contributed by atoms with Gasteiger partial charge in [-0.1, -0.05) is 11.3 Å². The number of H-pyrrole nitrogens is 1. The van der Waals surface area contributed by atoms with Crippen LogP contribution in [0.2, 0.25) is 0 Å². The van der Waals surface area contributed by atoms with Crippen molar-refractivity contribution in [2.45, 2.75) is 4.90 Å². The molecule has 7 N–H and O–H groups in total. The number of anilines is 6. The lowest BCUT2D eigenvalue weighted by atomic mass is 10.2. The van der Waals surface area contributed by atoms with Gasteiger partial charge in [-0.05, 0) is 48.6 Å². The van der Waals surface area contributed by atoms with Crippen LogP contribution < -0.4 is 35.9 Å². The number of nitrogens with one attached hydrogen (secondary N) is 5. The van der Waals surface area contributed by atoms with Gasteiger partial charge in [-0.2, -0.15) is 9.97 Å². The molecule has 4 heterocycles. The molecule has 0 saturated carbocycles. The number of methoxy groups -OCH3 is 2. The topological polar surface area (TPSA) is 207 Å². The van der Waals surface area contributed by atoms with Crippen molar-refractivity contribution >= 4 is 94.2 Å². The largest absolute Gasteiger partial charge is 0.493 e. The summed E-state index contributed by atoms with van der Waals surface area (Å²) in [5.74, 6) is 1.64. The van der Waals surface area contributed by atoms with Crippen LogP contribution in [0.5, 0.6) is 11.5 Å². The van der Waals surface area contributed by atoms with Crippen LogP contribution in [0.4, 0.5) is 33.5 Å². The Labute approximate surface area is 259 Å². The van der Waals surface area contributed by atoms with Gasteiger partial charge in [-0.3, -0.25) is 0 Å². The van der Waals surface area contributed by atoms with Crippen molar-refractivity contribution in [2.75, 3.05) is 40.6 Å². The van der Waals surface area contributed by atoms with E-state index in [1.807, 2.05) is 12.1 Å². The molecule has 0 bridgehead atoms. The summed E-state index contributed by atoms with van der Waals surface area (Å²) in [5.41, 5.74) is 7.88. The molecule has 2 aromatic carbocycles. The van der Waals surface area contributed by atoms with E-state index in [-0.39, 0.29) is 21.9 Å². The van der Waals surface area contributed by atoms with E-state index >= 15 is 0 Å². The van der Waals surface area contributed by atoms with Gasteiger partial charge < -0.3 is 36.1 Å². The molecule has 44 heavy (non-hydrogen) atoms. The summed E-state index contributed by atoms with van der Waals surface area (Å²) in [6.07, 6.45) is 4.49. The number of rotatable bonds is 9. The Morgan fingerprint density at radius 1 is 1.00 bits per heavy atom. The summed E-state index contributed by atoms with van der Waals surface area (Å²) in [7, 11) is -0.726. The monoisotopic (exact) mass is 649 g/mol. The zero-order valence-corrected chi connectivity index (χ0v) is 25.4. The number of hydrogen-bond acceptors (Lipinski definition) is 13. The molecule has 18 heteroatoms. The Kier molecular flexibility index (Phi) is 7.68. The van der Waals surface area contributed by atoms with Crippen molar-refractivity contribution in [2.24, 2.45) is 0 Å². The van der Waals surface area contributed by atoms with Gasteiger partial charge in [-0.25, -0.2) is 28.1 Å². The van der Waals surface area contributed by atoms with Gasteiger partial charge in [0.2, 0.25) is 11.9 Å². The number of fused-ring (bicyclic) bond motifs is 3. The minimum absolute atomic E-state index is 0.0200. The molecule has 6 aromatic rings. The molecule has 224 valence electrons. The fourth-order valence-corrected chi connectivity index (χ4v) is 6.21. The van der Waals surface area contributed by atoms with Gasteiger partial charge in [0, 0.05) is 29.5 Å². The van der Waals surface area contributed by atoms with Gasteiger partial charge in [-0.15, -0.1) is 0 Å². The van der Waals surface area contributed by atoms with E-state index in [1.165, 1.54) is 35.9 Å². The van der Waals surface area contributed by atoms with E-state index in [4.69, 9.17) is 27.4 Å². The van der Waals surface area contributed by atoms with Crippen LogP contribution in [-0.4, -0.2) is 57.7 Å². The second-order valence-electron chi connectivity index (χ2n) is 8.97. The molecule has 0 aliphatic heterocycles. The van der Waals surface area contributed by atoms with Crippen LogP contribution in [-0.2, 0) is 10.0 Å². The van der Waals surface area contributed by atoms with Crippen LogP contribution in [0.3, 0.4) is 0 Å². The molecule has 0 aliphatic rings. The van der Waals surface area contributed by atoms with E-state index in [1.54, 1.807) is 38.6 Å². The van der Waals surface area contributed by atoms with Gasteiger partial charge in [0.1, 0.15) is 16.5 Å². The number of nitrogen functional groups attached to an aromatic ring is 1. The highest BCUT2D eigenvalue weighted by Gasteiger charge is 2.18. The summed E-state index contributed by atoms with van der Waals surface area (Å²) >= 11 is 6.73. The first-order valence-electron chi connectivity index (χ1n) is 12.6. The number of hydrogen-bond donors (Lipinski definition) is 6. The zero-order valence-electron chi connectivity index (χ0n) is 22.9. The van der Waals surface area contributed by atoms with Crippen molar-refractivity contribution < 1.29 is 17.9 Å². The normalized spacial score (nSPS) is 11.3. The summed E-state index contributed by atoms with van der Waals surface area (Å²) in [5, 5.41) is 12.3. The fourth-order valence-electron chi connectivity index (χ4n) is 4.24. The first-order valence-corrected chi connectivity index (χ1v) is 15.3. The number of nitrogens with zero attached hydrogens (tertiary/aromatic N) is 5. The van der Waals surface area contributed by atoms with Gasteiger partial charge in [0.25, 0.3) is 10.0 Å². The van der Waals surface area contributed by atoms with Crippen LogP contribution in [0, 0.1) is 0 Å². The van der Waals surface area contributed by atoms with Crippen molar-refractivity contribution in [1.29, 1.82) is 0 Å². The fraction of sp³-hybridized carbons (Fsp3) is 0.0769. The van der Waals surface area contributed by atoms with Crippen LogP contribution in [0.25, 0.3) is 21.9 Å². The predicted molar refractivity (Wildman–Crippen MR) is 173 cm³/mol.